The Bertz CT molecular complexity index is 320. The molecule has 88 valence electrons. The highest BCUT2D eigenvalue weighted by atomic mass is 32.2. The second-order valence-electron chi connectivity index (χ2n) is 3.90. The smallest absolute Gasteiger partial charge is 0.0810 e. The Morgan fingerprint density at radius 3 is 3.12 bits per heavy atom. The molecule has 1 aliphatic rings. The van der Waals surface area contributed by atoms with Crippen LogP contribution in [-0.2, 0) is 0 Å². The van der Waals surface area contributed by atoms with Crippen molar-refractivity contribution in [2.24, 2.45) is 5.84 Å². The summed E-state index contributed by atoms with van der Waals surface area (Å²) in [6, 6.07) is 0.423. The fourth-order valence-corrected chi connectivity index (χ4v) is 3.19. The molecular formula is C10H17N5S. The first kappa shape index (κ1) is 11.8. The van der Waals surface area contributed by atoms with Gasteiger partial charge in [0.15, 0.2) is 0 Å². The van der Waals surface area contributed by atoms with Gasteiger partial charge in [-0.1, -0.05) is 0 Å². The van der Waals surface area contributed by atoms with Gasteiger partial charge in [-0.05, 0) is 7.05 Å². The lowest BCUT2D eigenvalue weighted by molar-refractivity contribution is 0.214. The fourth-order valence-electron chi connectivity index (χ4n) is 1.92. The molecule has 1 fully saturated rings. The van der Waals surface area contributed by atoms with Gasteiger partial charge in [0, 0.05) is 36.5 Å². The molecule has 1 aliphatic heterocycles. The average Bonchev–Trinajstić information content (AvgIpc) is 2.34. The first-order valence-corrected chi connectivity index (χ1v) is 6.48. The summed E-state index contributed by atoms with van der Waals surface area (Å²) in [5, 5.41) is 0. The molecule has 0 bridgehead atoms. The zero-order valence-electron chi connectivity index (χ0n) is 9.34. The van der Waals surface area contributed by atoms with Gasteiger partial charge >= 0.3 is 0 Å². The van der Waals surface area contributed by atoms with Gasteiger partial charge in [0.1, 0.15) is 0 Å². The molecule has 3 N–H and O–H groups in total. The minimum absolute atomic E-state index is 0.0477. The average molecular weight is 239 g/mol. The van der Waals surface area contributed by atoms with Crippen molar-refractivity contribution < 1.29 is 0 Å². The number of thioether (sulfide) groups is 1. The number of likely N-dealkylation sites (N-methyl/N-ethyl adjacent to an activating group) is 1. The molecule has 16 heavy (non-hydrogen) atoms. The van der Waals surface area contributed by atoms with E-state index in [1.807, 2.05) is 11.8 Å². The SMILES string of the molecule is CN1CCSCC1C(NN)c1cnccn1. The topological polar surface area (TPSA) is 67.1 Å². The third-order valence-electron chi connectivity index (χ3n) is 2.91. The zero-order chi connectivity index (χ0) is 11.4. The molecule has 0 aliphatic carbocycles. The summed E-state index contributed by atoms with van der Waals surface area (Å²) < 4.78 is 0. The predicted molar refractivity (Wildman–Crippen MR) is 65.8 cm³/mol. The van der Waals surface area contributed by atoms with Crippen molar-refractivity contribution in [2.75, 3.05) is 25.1 Å². The number of aromatic nitrogens is 2. The second-order valence-corrected chi connectivity index (χ2v) is 5.05. The number of nitrogens with one attached hydrogen (secondary N) is 1. The van der Waals surface area contributed by atoms with Crippen molar-refractivity contribution in [2.45, 2.75) is 12.1 Å². The Morgan fingerprint density at radius 1 is 1.62 bits per heavy atom. The number of hydrogen-bond donors (Lipinski definition) is 2. The van der Waals surface area contributed by atoms with Gasteiger partial charge in [-0.15, -0.1) is 0 Å². The summed E-state index contributed by atoms with van der Waals surface area (Å²) in [6.45, 7) is 1.09. The predicted octanol–water partition coefficient (Wildman–Crippen LogP) is 0.0282. The van der Waals surface area contributed by atoms with Crippen LogP contribution in [0.25, 0.3) is 0 Å². The molecule has 0 saturated carbocycles. The Balaban J connectivity index is 2.15. The summed E-state index contributed by atoms with van der Waals surface area (Å²) in [6.07, 6.45) is 5.16. The number of hydrazine groups is 1. The highest BCUT2D eigenvalue weighted by Crippen LogP contribution is 2.24. The maximum atomic E-state index is 5.64. The number of rotatable bonds is 3. The number of hydrogen-bond acceptors (Lipinski definition) is 6. The van der Waals surface area contributed by atoms with E-state index in [2.05, 4.69) is 27.3 Å². The van der Waals surface area contributed by atoms with Crippen LogP contribution in [-0.4, -0.2) is 46.0 Å². The van der Waals surface area contributed by atoms with Gasteiger partial charge in [0.05, 0.1) is 17.9 Å². The summed E-state index contributed by atoms with van der Waals surface area (Å²) >= 11 is 1.96. The van der Waals surface area contributed by atoms with E-state index in [0.29, 0.717) is 6.04 Å². The van der Waals surface area contributed by atoms with Crippen molar-refractivity contribution in [3.05, 3.63) is 24.3 Å². The van der Waals surface area contributed by atoms with E-state index in [-0.39, 0.29) is 6.04 Å². The molecule has 2 atom stereocenters. The Hall–Kier alpha value is -0.690. The van der Waals surface area contributed by atoms with Crippen LogP contribution in [0, 0.1) is 0 Å². The van der Waals surface area contributed by atoms with Crippen molar-refractivity contribution in [3.63, 3.8) is 0 Å². The molecule has 0 radical (unpaired) electrons. The van der Waals surface area contributed by atoms with E-state index in [0.717, 1.165) is 18.0 Å². The highest BCUT2D eigenvalue weighted by Gasteiger charge is 2.29. The van der Waals surface area contributed by atoms with Crippen LogP contribution in [0.5, 0.6) is 0 Å². The Kier molecular flexibility index (Phi) is 4.11. The molecule has 1 aromatic rings. The van der Waals surface area contributed by atoms with Crippen LogP contribution in [0.2, 0.25) is 0 Å². The highest BCUT2D eigenvalue weighted by molar-refractivity contribution is 7.99. The van der Waals surface area contributed by atoms with Crippen molar-refractivity contribution in [1.82, 2.24) is 20.3 Å². The van der Waals surface area contributed by atoms with Gasteiger partial charge in [-0.3, -0.25) is 20.7 Å². The van der Waals surface area contributed by atoms with Gasteiger partial charge < -0.3 is 0 Å². The van der Waals surface area contributed by atoms with Crippen molar-refractivity contribution >= 4 is 11.8 Å². The third-order valence-corrected chi connectivity index (χ3v) is 3.96. The molecule has 1 saturated heterocycles. The van der Waals surface area contributed by atoms with E-state index in [9.17, 15) is 0 Å². The summed E-state index contributed by atoms with van der Waals surface area (Å²) in [5.41, 5.74) is 3.77. The number of nitrogens with zero attached hydrogens (tertiary/aromatic N) is 3. The van der Waals surface area contributed by atoms with E-state index in [1.165, 1.54) is 5.75 Å². The second kappa shape index (κ2) is 5.58. The largest absolute Gasteiger partial charge is 0.300 e. The van der Waals surface area contributed by atoms with Crippen LogP contribution >= 0.6 is 11.8 Å². The lowest BCUT2D eigenvalue weighted by Crippen LogP contribution is -2.49. The van der Waals surface area contributed by atoms with Crippen molar-refractivity contribution in [3.8, 4) is 0 Å². The zero-order valence-corrected chi connectivity index (χ0v) is 10.2. The van der Waals surface area contributed by atoms with Crippen LogP contribution in [0.3, 0.4) is 0 Å². The van der Waals surface area contributed by atoms with E-state index < -0.39 is 0 Å². The summed E-state index contributed by atoms with van der Waals surface area (Å²) in [4.78, 5) is 10.7. The molecule has 0 amide bonds. The van der Waals surface area contributed by atoms with E-state index >= 15 is 0 Å². The van der Waals surface area contributed by atoms with Gasteiger partial charge in [0.2, 0.25) is 0 Å². The van der Waals surface area contributed by atoms with Gasteiger partial charge in [-0.2, -0.15) is 11.8 Å². The molecular weight excluding hydrogens is 222 g/mol. The summed E-state index contributed by atoms with van der Waals surface area (Å²) in [7, 11) is 2.13. The van der Waals surface area contributed by atoms with Crippen LogP contribution < -0.4 is 11.3 Å². The standard InChI is InChI=1S/C10H17N5S/c1-15-4-5-16-7-9(15)10(14-11)8-6-12-2-3-13-8/h2-3,6,9-10,14H,4-5,7,11H2,1H3. The molecule has 0 aromatic carbocycles. The number of nitrogens with two attached hydrogens (primary N) is 1. The van der Waals surface area contributed by atoms with Crippen LogP contribution in [0.4, 0.5) is 0 Å². The molecule has 2 rings (SSSR count). The molecule has 0 spiro atoms. The first-order valence-electron chi connectivity index (χ1n) is 5.33. The fraction of sp³-hybridized carbons (Fsp3) is 0.600. The molecule has 5 nitrogen and oxygen atoms in total. The maximum Gasteiger partial charge on any atom is 0.0810 e. The van der Waals surface area contributed by atoms with Gasteiger partial charge in [0.25, 0.3) is 0 Å². The van der Waals surface area contributed by atoms with Gasteiger partial charge in [-0.25, -0.2) is 5.43 Å². The Labute approximate surface area is 99.8 Å². The minimum atomic E-state index is 0.0477. The third kappa shape index (κ3) is 2.52. The van der Waals surface area contributed by atoms with E-state index in [4.69, 9.17) is 5.84 Å². The quantitative estimate of drug-likeness (QED) is 0.573. The summed E-state index contributed by atoms with van der Waals surface area (Å²) in [5.74, 6) is 7.90. The van der Waals surface area contributed by atoms with Crippen LogP contribution in [0.1, 0.15) is 11.7 Å². The van der Waals surface area contributed by atoms with Crippen molar-refractivity contribution in [1.29, 1.82) is 0 Å². The molecule has 2 unspecified atom stereocenters. The normalized spacial score (nSPS) is 24.2. The molecule has 6 heteroatoms. The maximum absolute atomic E-state index is 5.64. The minimum Gasteiger partial charge on any atom is -0.300 e. The van der Waals surface area contributed by atoms with E-state index in [1.54, 1.807) is 18.6 Å². The lowest BCUT2D eigenvalue weighted by atomic mass is 10.1. The monoisotopic (exact) mass is 239 g/mol. The Morgan fingerprint density at radius 2 is 2.50 bits per heavy atom. The molecule has 1 aromatic heterocycles. The molecule has 2 heterocycles. The first-order chi connectivity index (χ1) is 7.83. The van der Waals surface area contributed by atoms with Crippen LogP contribution in [0.15, 0.2) is 18.6 Å². The lowest BCUT2D eigenvalue weighted by Gasteiger charge is -2.36.